The van der Waals surface area contributed by atoms with Crippen LogP contribution in [0.3, 0.4) is 0 Å². The largest absolute Gasteiger partial charge is 0.471 e. The van der Waals surface area contributed by atoms with Gasteiger partial charge >= 0.3 is 0 Å². The van der Waals surface area contributed by atoms with E-state index >= 15 is 0 Å². The molecule has 0 aliphatic rings. The zero-order chi connectivity index (χ0) is 13.7. The normalized spacial score (nSPS) is 11.9. The van der Waals surface area contributed by atoms with Crippen LogP contribution in [0, 0.1) is 6.92 Å². The minimum Gasteiger partial charge on any atom is -0.471 e. The number of rotatable bonds is 5. The van der Waals surface area contributed by atoms with Crippen molar-refractivity contribution < 1.29 is 4.74 Å². The fourth-order valence-electron chi connectivity index (χ4n) is 2.27. The van der Waals surface area contributed by atoms with E-state index in [-0.39, 0.29) is 6.23 Å². The van der Waals surface area contributed by atoms with E-state index in [4.69, 9.17) is 4.74 Å². The molecule has 0 saturated carbocycles. The second-order valence-corrected chi connectivity index (χ2v) is 4.60. The van der Waals surface area contributed by atoms with Crippen LogP contribution in [0.25, 0.3) is 0 Å². The molecule has 2 rings (SSSR count). The number of hydrogen-bond donors (Lipinski definition) is 0. The monoisotopic (exact) mass is 255 g/mol. The highest BCUT2D eigenvalue weighted by Crippen LogP contribution is 2.23. The van der Waals surface area contributed by atoms with Gasteiger partial charge in [0, 0.05) is 12.2 Å². The molecule has 0 spiro atoms. The summed E-state index contributed by atoms with van der Waals surface area (Å²) in [6.45, 7) is 7.28. The van der Waals surface area contributed by atoms with E-state index in [1.54, 1.807) is 0 Å². The van der Waals surface area contributed by atoms with E-state index in [2.05, 4.69) is 49.9 Å². The molecule has 0 saturated heterocycles. The molecule has 19 heavy (non-hydrogen) atoms. The third-order valence-electron chi connectivity index (χ3n) is 3.25. The molecular weight excluding hydrogens is 234 g/mol. The van der Waals surface area contributed by atoms with E-state index in [0.29, 0.717) is 0 Å². The van der Waals surface area contributed by atoms with Gasteiger partial charge in [-0.2, -0.15) is 0 Å². The molecule has 0 bridgehead atoms. The number of para-hydroxylation sites is 2. The molecule has 0 fully saturated rings. The molecule has 100 valence electrons. The quantitative estimate of drug-likeness (QED) is 0.741. The fraction of sp³-hybridized carbons (Fsp3) is 0.294. The number of hydrogen-bond acceptors (Lipinski definition) is 2. The predicted octanol–water partition coefficient (Wildman–Crippen LogP) is 4.25. The summed E-state index contributed by atoms with van der Waals surface area (Å²) in [7, 11) is 0. The Hall–Kier alpha value is -1.96. The number of nitrogens with zero attached hydrogens (tertiary/aromatic N) is 1. The molecule has 1 atom stereocenters. The molecule has 0 radical (unpaired) electrons. The average Bonchev–Trinajstić information content (AvgIpc) is 2.43. The van der Waals surface area contributed by atoms with Crippen molar-refractivity contribution >= 4 is 5.69 Å². The van der Waals surface area contributed by atoms with Crippen LogP contribution in [0.1, 0.15) is 19.4 Å². The lowest BCUT2D eigenvalue weighted by Crippen LogP contribution is -2.37. The smallest absolute Gasteiger partial charge is 0.169 e. The van der Waals surface area contributed by atoms with Gasteiger partial charge < -0.3 is 9.64 Å². The molecule has 0 heterocycles. The molecule has 0 amide bonds. The van der Waals surface area contributed by atoms with Crippen LogP contribution in [-0.2, 0) is 0 Å². The van der Waals surface area contributed by atoms with Gasteiger partial charge in [-0.3, -0.25) is 0 Å². The van der Waals surface area contributed by atoms with Crippen molar-refractivity contribution in [2.45, 2.75) is 27.0 Å². The molecule has 0 aliphatic carbocycles. The molecule has 2 heteroatoms. The van der Waals surface area contributed by atoms with Gasteiger partial charge in [-0.25, -0.2) is 0 Å². The van der Waals surface area contributed by atoms with Gasteiger partial charge in [0.1, 0.15) is 5.75 Å². The van der Waals surface area contributed by atoms with Crippen molar-refractivity contribution in [2.75, 3.05) is 11.4 Å². The summed E-state index contributed by atoms with van der Waals surface area (Å²) >= 11 is 0. The molecule has 0 aromatic heterocycles. The van der Waals surface area contributed by atoms with E-state index in [0.717, 1.165) is 12.3 Å². The lowest BCUT2D eigenvalue weighted by atomic mass is 10.2. The standard InChI is InChI=1S/C17H21NO/c1-4-18(17-13-9-8-10-14(17)2)15(3)19-16-11-6-5-7-12-16/h5-13,15H,4H2,1-3H3. The molecule has 2 aromatic rings. The Morgan fingerprint density at radius 3 is 2.26 bits per heavy atom. The van der Waals surface area contributed by atoms with Crippen molar-refractivity contribution in [3.05, 3.63) is 60.2 Å². The molecule has 0 N–H and O–H groups in total. The Balaban J connectivity index is 2.16. The summed E-state index contributed by atoms with van der Waals surface area (Å²) in [5, 5.41) is 0. The van der Waals surface area contributed by atoms with Crippen LogP contribution < -0.4 is 9.64 Å². The van der Waals surface area contributed by atoms with Crippen molar-refractivity contribution in [2.24, 2.45) is 0 Å². The van der Waals surface area contributed by atoms with Gasteiger partial charge in [-0.05, 0) is 44.5 Å². The number of anilines is 1. The van der Waals surface area contributed by atoms with Crippen molar-refractivity contribution in [1.82, 2.24) is 0 Å². The van der Waals surface area contributed by atoms with E-state index in [1.165, 1.54) is 11.3 Å². The van der Waals surface area contributed by atoms with Crippen LogP contribution in [0.4, 0.5) is 5.69 Å². The third-order valence-corrected chi connectivity index (χ3v) is 3.25. The van der Waals surface area contributed by atoms with Crippen molar-refractivity contribution in [3.63, 3.8) is 0 Å². The van der Waals surface area contributed by atoms with Gasteiger partial charge in [0.15, 0.2) is 6.23 Å². The third kappa shape index (κ3) is 3.28. The van der Waals surface area contributed by atoms with Crippen molar-refractivity contribution in [1.29, 1.82) is 0 Å². The summed E-state index contributed by atoms with van der Waals surface area (Å²) in [6.07, 6.45) is 0.00787. The highest BCUT2D eigenvalue weighted by molar-refractivity contribution is 5.53. The topological polar surface area (TPSA) is 12.5 Å². The van der Waals surface area contributed by atoms with Gasteiger partial charge in [-0.15, -0.1) is 0 Å². The summed E-state index contributed by atoms with van der Waals surface area (Å²) in [5.74, 6) is 0.905. The maximum absolute atomic E-state index is 6.00. The minimum atomic E-state index is 0.00787. The van der Waals surface area contributed by atoms with Gasteiger partial charge in [0.25, 0.3) is 0 Å². The maximum Gasteiger partial charge on any atom is 0.169 e. The first-order chi connectivity index (χ1) is 9.22. The van der Waals surface area contributed by atoms with Gasteiger partial charge in [0.2, 0.25) is 0 Å². The van der Waals surface area contributed by atoms with E-state index in [9.17, 15) is 0 Å². The Kier molecular flexibility index (Phi) is 4.45. The zero-order valence-electron chi connectivity index (χ0n) is 11.8. The first-order valence-corrected chi connectivity index (χ1v) is 6.76. The van der Waals surface area contributed by atoms with Gasteiger partial charge in [-0.1, -0.05) is 36.4 Å². The lowest BCUT2D eigenvalue weighted by Gasteiger charge is -2.31. The number of ether oxygens (including phenoxy) is 1. The molecular formula is C17H21NO. The second kappa shape index (κ2) is 6.28. The van der Waals surface area contributed by atoms with Crippen LogP contribution in [0.5, 0.6) is 5.75 Å². The summed E-state index contributed by atoms with van der Waals surface area (Å²) < 4.78 is 6.00. The average molecular weight is 255 g/mol. The lowest BCUT2D eigenvalue weighted by molar-refractivity contribution is 0.216. The van der Waals surface area contributed by atoms with E-state index in [1.807, 2.05) is 30.3 Å². The molecule has 2 aromatic carbocycles. The predicted molar refractivity (Wildman–Crippen MR) is 80.7 cm³/mol. The van der Waals surface area contributed by atoms with E-state index < -0.39 is 0 Å². The van der Waals surface area contributed by atoms with Crippen LogP contribution >= 0.6 is 0 Å². The zero-order valence-corrected chi connectivity index (χ0v) is 11.8. The Bertz CT molecular complexity index is 510. The Morgan fingerprint density at radius 1 is 1.00 bits per heavy atom. The highest BCUT2D eigenvalue weighted by atomic mass is 16.5. The Labute approximate surface area is 115 Å². The Morgan fingerprint density at radius 2 is 1.63 bits per heavy atom. The fourth-order valence-corrected chi connectivity index (χ4v) is 2.27. The number of aryl methyl sites for hydroxylation is 1. The van der Waals surface area contributed by atoms with Crippen LogP contribution in [0.2, 0.25) is 0 Å². The summed E-state index contributed by atoms with van der Waals surface area (Å²) in [6, 6.07) is 18.4. The first-order valence-electron chi connectivity index (χ1n) is 6.76. The number of benzene rings is 2. The summed E-state index contributed by atoms with van der Waals surface area (Å²) in [5.41, 5.74) is 2.50. The minimum absolute atomic E-state index is 0.00787. The van der Waals surface area contributed by atoms with Crippen LogP contribution in [0.15, 0.2) is 54.6 Å². The molecule has 2 nitrogen and oxygen atoms in total. The second-order valence-electron chi connectivity index (χ2n) is 4.60. The van der Waals surface area contributed by atoms with Crippen molar-refractivity contribution in [3.8, 4) is 5.75 Å². The SMILES string of the molecule is CCN(c1ccccc1C)C(C)Oc1ccccc1. The highest BCUT2D eigenvalue weighted by Gasteiger charge is 2.15. The van der Waals surface area contributed by atoms with Gasteiger partial charge in [0.05, 0.1) is 0 Å². The summed E-state index contributed by atoms with van der Waals surface area (Å²) in [4.78, 5) is 2.27. The first kappa shape index (κ1) is 13.5. The van der Waals surface area contributed by atoms with Crippen LogP contribution in [-0.4, -0.2) is 12.8 Å². The maximum atomic E-state index is 6.00. The molecule has 1 unspecified atom stereocenters. The molecule has 0 aliphatic heterocycles.